The Labute approximate surface area is 139 Å². The van der Waals surface area contributed by atoms with Gasteiger partial charge in [-0.05, 0) is 50.4 Å². The van der Waals surface area contributed by atoms with Crippen molar-refractivity contribution in [3.05, 3.63) is 46.2 Å². The predicted octanol–water partition coefficient (Wildman–Crippen LogP) is 3.70. The van der Waals surface area contributed by atoms with Crippen LogP contribution < -0.4 is 14.9 Å². The standard InChI is InChI=1S/C17H20N2O3S/c1-4-21-13-8-9-15(22-5-2)14(11-13)12(3)18-19-17(20)16-7-6-10-23-16/h6-11H,4-5H2,1-3H3,(H,19,20)/b18-12-. The van der Waals surface area contributed by atoms with Crippen LogP contribution in [0.3, 0.4) is 0 Å². The van der Waals surface area contributed by atoms with Crippen LogP contribution in [0.2, 0.25) is 0 Å². The maximum absolute atomic E-state index is 12.0. The quantitative estimate of drug-likeness (QED) is 0.621. The summed E-state index contributed by atoms with van der Waals surface area (Å²) in [6, 6.07) is 9.16. The zero-order valence-electron chi connectivity index (χ0n) is 13.5. The van der Waals surface area contributed by atoms with Gasteiger partial charge in [0.25, 0.3) is 5.91 Å². The Hall–Kier alpha value is -2.34. The number of carbonyl (C=O) groups is 1. The first-order valence-corrected chi connectivity index (χ1v) is 8.31. The Morgan fingerprint density at radius 1 is 1.22 bits per heavy atom. The molecule has 0 fully saturated rings. The van der Waals surface area contributed by atoms with Gasteiger partial charge < -0.3 is 9.47 Å². The molecular formula is C17H20N2O3S. The summed E-state index contributed by atoms with van der Waals surface area (Å²) in [6.07, 6.45) is 0. The van der Waals surface area contributed by atoms with Gasteiger partial charge in [-0.2, -0.15) is 5.10 Å². The van der Waals surface area contributed by atoms with E-state index in [-0.39, 0.29) is 5.91 Å². The lowest BCUT2D eigenvalue weighted by atomic mass is 10.1. The third-order valence-electron chi connectivity index (χ3n) is 3.02. The lowest BCUT2D eigenvalue weighted by molar-refractivity contribution is 0.0959. The van der Waals surface area contributed by atoms with Crippen LogP contribution in [-0.2, 0) is 0 Å². The Kier molecular flexibility index (Phi) is 6.17. The van der Waals surface area contributed by atoms with Gasteiger partial charge in [0.15, 0.2) is 0 Å². The maximum Gasteiger partial charge on any atom is 0.281 e. The fourth-order valence-corrected chi connectivity index (χ4v) is 2.60. The molecule has 23 heavy (non-hydrogen) atoms. The van der Waals surface area contributed by atoms with Crippen LogP contribution in [-0.4, -0.2) is 24.8 Å². The van der Waals surface area contributed by atoms with Gasteiger partial charge in [0.05, 0.1) is 23.8 Å². The summed E-state index contributed by atoms with van der Waals surface area (Å²) in [6.45, 7) is 6.81. The molecule has 1 amide bonds. The SMILES string of the molecule is CCOc1ccc(OCC)c(/C(C)=N\NC(=O)c2cccs2)c1. The molecule has 2 rings (SSSR count). The summed E-state index contributed by atoms with van der Waals surface area (Å²) < 4.78 is 11.1. The van der Waals surface area contributed by atoms with Crippen molar-refractivity contribution in [1.29, 1.82) is 0 Å². The second-order valence-corrected chi connectivity index (χ2v) is 5.59. The molecule has 0 saturated heterocycles. The van der Waals surface area contributed by atoms with Crippen molar-refractivity contribution >= 4 is 23.0 Å². The first kappa shape index (κ1) is 17.0. The molecule has 0 bridgehead atoms. The molecular weight excluding hydrogens is 312 g/mol. The second-order valence-electron chi connectivity index (χ2n) is 4.64. The predicted molar refractivity (Wildman–Crippen MR) is 92.8 cm³/mol. The average molecular weight is 332 g/mol. The Bertz CT molecular complexity index is 681. The van der Waals surface area contributed by atoms with Gasteiger partial charge in [-0.1, -0.05) is 6.07 Å². The lowest BCUT2D eigenvalue weighted by Gasteiger charge is -2.12. The van der Waals surface area contributed by atoms with Crippen LogP contribution in [0.15, 0.2) is 40.8 Å². The molecule has 122 valence electrons. The second kappa shape index (κ2) is 8.33. The summed E-state index contributed by atoms with van der Waals surface area (Å²) in [5, 5.41) is 6.03. The number of ether oxygens (including phenoxy) is 2. The van der Waals surface area contributed by atoms with Crippen LogP contribution in [0.4, 0.5) is 0 Å². The Morgan fingerprint density at radius 2 is 2.00 bits per heavy atom. The Morgan fingerprint density at radius 3 is 2.65 bits per heavy atom. The summed E-state index contributed by atoms with van der Waals surface area (Å²) in [7, 11) is 0. The van der Waals surface area contributed by atoms with E-state index in [4.69, 9.17) is 9.47 Å². The van der Waals surface area contributed by atoms with Crippen molar-refractivity contribution in [2.24, 2.45) is 5.10 Å². The minimum atomic E-state index is -0.224. The van der Waals surface area contributed by atoms with E-state index >= 15 is 0 Å². The first-order valence-electron chi connectivity index (χ1n) is 7.43. The summed E-state index contributed by atoms with van der Waals surface area (Å²) in [4.78, 5) is 12.6. The van der Waals surface area contributed by atoms with E-state index < -0.39 is 0 Å². The molecule has 0 atom stereocenters. The number of rotatable bonds is 7. The highest BCUT2D eigenvalue weighted by Gasteiger charge is 2.10. The zero-order valence-corrected chi connectivity index (χ0v) is 14.3. The van der Waals surface area contributed by atoms with Gasteiger partial charge >= 0.3 is 0 Å². The number of nitrogens with one attached hydrogen (secondary N) is 1. The molecule has 2 aromatic rings. The van der Waals surface area contributed by atoms with Crippen molar-refractivity contribution in [2.75, 3.05) is 13.2 Å². The van der Waals surface area contributed by atoms with Crippen molar-refractivity contribution in [2.45, 2.75) is 20.8 Å². The molecule has 1 heterocycles. The molecule has 0 aliphatic carbocycles. The molecule has 0 saturated carbocycles. The summed E-state index contributed by atoms with van der Waals surface area (Å²) >= 11 is 1.37. The number of hydrogen-bond acceptors (Lipinski definition) is 5. The number of benzene rings is 1. The van der Waals surface area contributed by atoms with Crippen molar-refractivity contribution in [1.82, 2.24) is 5.43 Å². The van der Waals surface area contributed by atoms with E-state index in [0.717, 1.165) is 11.3 Å². The van der Waals surface area contributed by atoms with Crippen molar-refractivity contribution in [3.8, 4) is 11.5 Å². The zero-order chi connectivity index (χ0) is 16.7. The van der Waals surface area contributed by atoms with Crippen LogP contribution in [0, 0.1) is 0 Å². The van der Waals surface area contributed by atoms with Crippen LogP contribution >= 0.6 is 11.3 Å². The van der Waals surface area contributed by atoms with Gasteiger partial charge in [-0.15, -0.1) is 11.3 Å². The van der Waals surface area contributed by atoms with Crippen LogP contribution in [0.25, 0.3) is 0 Å². The number of amides is 1. The highest BCUT2D eigenvalue weighted by atomic mass is 32.1. The highest BCUT2D eigenvalue weighted by molar-refractivity contribution is 7.12. The fourth-order valence-electron chi connectivity index (χ4n) is 1.99. The van der Waals surface area contributed by atoms with Gasteiger partial charge in [0.1, 0.15) is 11.5 Å². The molecule has 1 N–H and O–H groups in total. The molecule has 6 heteroatoms. The normalized spacial score (nSPS) is 11.2. The van der Waals surface area contributed by atoms with E-state index in [1.54, 1.807) is 6.07 Å². The minimum absolute atomic E-state index is 0.224. The van der Waals surface area contributed by atoms with Crippen LogP contribution in [0.5, 0.6) is 11.5 Å². The number of hydrazone groups is 1. The van der Waals surface area contributed by atoms with E-state index in [2.05, 4.69) is 10.5 Å². The van der Waals surface area contributed by atoms with Gasteiger partial charge in [0.2, 0.25) is 0 Å². The van der Waals surface area contributed by atoms with Gasteiger partial charge in [-0.25, -0.2) is 5.43 Å². The number of nitrogens with zero attached hydrogens (tertiary/aromatic N) is 1. The molecule has 0 aliphatic heterocycles. The molecule has 5 nitrogen and oxygen atoms in total. The number of thiophene rings is 1. The minimum Gasteiger partial charge on any atom is -0.494 e. The molecule has 0 spiro atoms. The summed E-state index contributed by atoms with van der Waals surface area (Å²) in [5.41, 5.74) is 4.02. The van der Waals surface area contributed by atoms with E-state index in [1.807, 2.05) is 50.4 Å². The van der Waals surface area contributed by atoms with E-state index in [9.17, 15) is 4.79 Å². The van der Waals surface area contributed by atoms with Crippen molar-refractivity contribution in [3.63, 3.8) is 0 Å². The number of carbonyl (C=O) groups excluding carboxylic acids is 1. The first-order chi connectivity index (χ1) is 11.2. The average Bonchev–Trinajstić information content (AvgIpc) is 3.09. The van der Waals surface area contributed by atoms with Crippen molar-refractivity contribution < 1.29 is 14.3 Å². The molecule has 0 aliphatic rings. The third kappa shape index (κ3) is 4.56. The molecule has 1 aromatic carbocycles. The molecule has 0 unspecified atom stereocenters. The topological polar surface area (TPSA) is 59.9 Å². The highest BCUT2D eigenvalue weighted by Crippen LogP contribution is 2.25. The summed E-state index contributed by atoms with van der Waals surface area (Å²) in [5.74, 6) is 1.23. The van der Waals surface area contributed by atoms with E-state index in [1.165, 1.54) is 11.3 Å². The number of hydrogen-bond donors (Lipinski definition) is 1. The monoisotopic (exact) mass is 332 g/mol. The smallest absolute Gasteiger partial charge is 0.281 e. The Balaban J connectivity index is 2.21. The third-order valence-corrected chi connectivity index (χ3v) is 3.89. The molecule has 0 radical (unpaired) electrons. The fraction of sp³-hybridized carbons (Fsp3) is 0.294. The largest absolute Gasteiger partial charge is 0.494 e. The van der Waals surface area contributed by atoms with Crippen LogP contribution in [0.1, 0.15) is 36.0 Å². The van der Waals surface area contributed by atoms with E-state index in [0.29, 0.717) is 29.6 Å². The van der Waals surface area contributed by atoms with Gasteiger partial charge in [0, 0.05) is 5.56 Å². The maximum atomic E-state index is 12.0. The molecule has 1 aromatic heterocycles. The lowest BCUT2D eigenvalue weighted by Crippen LogP contribution is -2.18. The van der Waals surface area contributed by atoms with Gasteiger partial charge in [-0.3, -0.25) is 4.79 Å².